The van der Waals surface area contributed by atoms with Crippen molar-refractivity contribution < 1.29 is 9.59 Å². The predicted molar refractivity (Wildman–Crippen MR) is 198 cm³/mol. The number of amides is 2. The average molecular weight is 662 g/mol. The predicted octanol–water partition coefficient (Wildman–Crippen LogP) is 7.89. The zero-order valence-corrected chi connectivity index (χ0v) is 30.4. The maximum Gasteiger partial charge on any atom is 0.271 e. The third-order valence-electron chi connectivity index (χ3n) is 10.5. The number of hydrogen-bond acceptors (Lipinski definition) is 7. The van der Waals surface area contributed by atoms with E-state index in [9.17, 15) is 9.59 Å². The second-order valence-corrected chi connectivity index (χ2v) is 13.9. The van der Waals surface area contributed by atoms with E-state index in [0.29, 0.717) is 23.6 Å². The van der Waals surface area contributed by atoms with Crippen LogP contribution in [0, 0.1) is 5.92 Å². The largest absolute Gasteiger partial charge is 0.364 e. The van der Waals surface area contributed by atoms with Crippen LogP contribution >= 0.6 is 0 Å². The van der Waals surface area contributed by atoms with Crippen LogP contribution < -0.4 is 16.0 Å². The molecule has 0 spiro atoms. The van der Waals surface area contributed by atoms with E-state index in [1.165, 1.54) is 89.3 Å². The molecule has 7 rings (SSSR count). The van der Waals surface area contributed by atoms with Gasteiger partial charge in [-0.1, -0.05) is 64.5 Å². The third-order valence-corrected chi connectivity index (χ3v) is 10.5. The Bertz CT molecular complexity index is 1240. The average Bonchev–Trinajstić information content (AvgIpc) is 3.81. The van der Waals surface area contributed by atoms with E-state index in [1.54, 1.807) is 11.1 Å². The van der Waals surface area contributed by atoms with E-state index >= 15 is 0 Å². The Balaban J connectivity index is 0.000000287. The lowest BCUT2D eigenvalue weighted by Crippen LogP contribution is -2.39. The standard InChI is InChI=1S/C26H36N6O.C7H13NO.C4H8.C2H6/c27-25(33)24-26(30-23(18-28-24)32-14-4-1-5-15-32)29-21-10-8-19(9-11-21)20-12-16-31(17-13-20)22-6-2-3-7-22;1-3-8(2)7(9)6-4-5-6;1-2-4-3-1;1-2/h8-11,18,20,22H,1-7,12-17H2,(H2,27,33)(H,29,30);6H,3-5H2,1-2H3;1-4H2;1-2H3. The zero-order valence-electron chi connectivity index (χ0n) is 30.4. The highest BCUT2D eigenvalue weighted by molar-refractivity contribution is 5.96. The quantitative estimate of drug-likeness (QED) is 0.296. The van der Waals surface area contributed by atoms with E-state index in [-0.39, 0.29) is 5.69 Å². The van der Waals surface area contributed by atoms with Gasteiger partial charge < -0.3 is 25.8 Å². The second kappa shape index (κ2) is 19.7. The summed E-state index contributed by atoms with van der Waals surface area (Å²) in [6, 6.07) is 9.42. The van der Waals surface area contributed by atoms with Crippen molar-refractivity contribution >= 4 is 29.1 Å². The number of primary amides is 1. The molecule has 5 aliphatic rings. The lowest BCUT2D eigenvalue weighted by Gasteiger charge is -2.36. The summed E-state index contributed by atoms with van der Waals surface area (Å²) in [5.74, 6) is 2.00. The van der Waals surface area contributed by atoms with Gasteiger partial charge >= 0.3 is 0 Å². The Labute approximate surface area is 290 Å². The molecule has 2 amide bonds. The van der Waals surface area contributed by atoms with Crippen LogP contribution in [0.3, 0.4) is 0 Å². The van der Waals surface area contributed by atoms with Gasteiger partial charge in [0.15, 0.2) is 11.5 Å². The number of hydrogen-bond donors (Lipinski definition) is 2. The fourth-order valence-electron chi connectivity index (χ4n) is 6.81. The minimum absolute atomic E-state index is 0.180. The molecule has 1 aromatic carbocycles. The Hall–Kier alpha value is -3.20. The number of nitrogens with zero attached hydrogens (tertiary/aromatic N) is 5. The van der Waals surface area contributed by atoms with Crippen LogP contribution in [0.4, 0.5) is 17.3 Å². The van der Waals surface area contributed by atoms with Crippen molar-refractivity contribution in [1.82, 2.24) is 19.8 Å². The molecule has 0 radical (unpaired) electrons. The first kappa shape index (κ1) is 37.6. The molecule has 2 aliphatic heterocycles. The van der Waals surface area contributed by atoms with E-state index < -0.39 is 5.91 Å². The van der Waals surface area contributed by atoms with Crippen molar-refractivity contribution in [2.75, 3.05) is 50.0 Å². The first-order valence-electron chi connectivity index (χ1n) is 19.2. The van der Waals surface area contributed by atoms with Crippen LogP contribution in [-0.4, -0.2) is 77.4 Å². The fourth-order valence-corrected chi connectivity index (χ4v) is 6.81. The van der Waals surface area contributed by atoms with Gasteiger partial charge in [-0.05, 0) is 101 Å². The third kappa shape index (κ3) is 11.2. The summed E-state index contributed by atoms with van der Waals surface area (Å²) in [5, 5.41) is 3.30. The Morgan fingerprint density at radius 2 is 1.42 bits per heavy atom. The van der Waals surface area contributed by atoms with Crippen LogP contribution in [0.5, 0.6) is 0 Å². The lowest BCUT2D eigenvalue weighted by atomic mass is 9.88. The molecule has 0 atom stereocenters. The van der Waals surface area contributed by atoms with Gasteiger partial charge in [-0.25, -0.2) is 9.97 Å². The first-order valence-corrected chi connectivity index (χ1v) is 19.2. The highest BCUT2D eigenvalue weighted by Gasteiger charge is 2.31. The van der Waals surface area contributed by atoms with Gasteiger partial charge in [0, 0.05) is 44.3 Å². The van der Waals surface area contributed by atoms with Crippen LogP contribution in [0.15, 0.2) is 30.5 Å². The minimum Gasteiger partial charge on any atom is -0.364 e. The fraction of sp³-hybridized carbons (Fsp3) is 0.692. The summed E-state index contributed by atoms with van der Waals surface area (Å²) in [6.45, 7) is 11.2. The SMILES string of the molecule is C1CCC1.CC.CCN(C)C(=O)C1CC1.NC(=O)c1ncc(N2CCCCC2)nc1Nc1ccc(C2CCN(C3CCCC3)CC2)cc1. The van der Waals surface area contributed by atoms with Gasteiger partial charge in [0.05, 0.1) is 6.20 Å². The topological polar surface area (TPSA) is 108 Å². The Morgan fingerprint density at radius 3 is 1.94 bits per heavy atom. The summed E-state index contributed by atoms with van der Waals surface area (Å²) < 4.78 is 0. The Morgan fingerprint density at radius 1 is 0.833 bits per heavy atom. The summed E-state index contributed by atoms with van der Waals surface area (Å²) in [6.07, 6.45) is 21.5. The van der Waals surface area contributed by atoms with Crippen LogP contribution in [-0.2, 0) is 4.79 Å². The molecule has 48 heavy (non-hydrogen) atoms. The van der Waals surface area contributed by atoms with E-state index in [1.807, 2.05) is 27.8 Å². The summed E-state index contributed by atoms with van der Waals surface area (Å²) in [7, 11) is 1.86. The molecule has 3 saturated carbocycles. The smallest absolute Gasteiger partial charge is 0.271 e. The van der Waals surface area contributed by atoms with Gasteiger partial charge in [0.25, 0.3) is 5.91 Å². The maximum atomic E-state index is 11.9. The monoisotopic (exact) mass is 662 g/mol. The van der Waals surface area contributed by atoms with E-state index in [0.717, 1.165) is 62.9 Å². The van der Waals surface area contributed by atoms with Gasteiger partial charge in [0.1, 0.15) is 5.82 Å². The lowest BCUT2D eigenvalue weighted by molar-refractivity contribution is -0.131. The number of carbonyl (C=O) groups is 2. The van der Waals surface area contributed by atoms with Crippen LogP contribution in [0.25, 0.3) is 0 Å². The maximum absolute atomic E-state index is 11.9. The molecule has 1 aromatic heterocycles. The molecular weight excluding hydrogens is 598 g/mol. The van der Waals surface area contributed by atoms with Crippen LogP contribution in [0.1, 0.15) is 139 Å². The molecule has 0 bridgehead atoms. The number of aromatic nitrogens is 2. The highest BCUT2D eigenvalue weighted by atomic mass is 16.2. The number of likely N-dealkylation sites (tertiary alicyclic amines) is 1. The van der Waals surface area contributed by atoms with E-state index in [2.05, 4.69) is 44.4 Å². The van der Waals surface area contributed by atoms with Crippen molar-refractivity contribution in [3.8, 4) is 0 Å². The molecule has 5 fully saturated rings. The number of benzene rings is 1. The summed E-state index contributed by atoms with van der Waals surface area (Å²) in [4.78, 5) is 38.8. The minimum atomic E-state index is -0.569. The number of piperidine rings is 2. The van der Waals surface area contributed by atoms with Gasteiger partial charge in [-0.15, -0.1) is 0 Å². The molecule has 3 N–H and O–H groups in total. The molecule has 3 heterocycles. The van der Waals surface area contributed by atoms with Gasteiger partial charge in [0.2, 0.25) is 5.91 Å². The molecule has 266 valence electrons. The molecule has 9 heteroatoms. The van der Waals surface area contributed by atoms with E-state index in [4.69, 9.17) is 10.7 Å². The molecular formula is C39H63N7O2. The molecule has 0 unspecified atom stereocenters. The Kier molecular flexibility index (Phi) is 15.4. The molecule has 3 aliphatic carbocycles. The van der Waals surface area contributed by atoms with Crippen molar-refractivity contribution in [2.45, 2.75) is 129 Å². The zero-order chi connectivity index (χ0) is 34.3. The number of nitrogens with two attached hydrogens (primary N) is 1. The number of nitrogens with one attached hydrogen (secondary N) is 1. The normalized spacial score (nSPS) is 19.7. The summed E-state index contributed by atoms with van der Waals surface area (Å²) >= 11 is 0. The van der Waals surface area contributed by atoms with Crippen molar-refractivity contribution in [3.63, 3.8) is 0 Å². The highest BCUT2D eigenvalue weighted by Crippen LogP contribution is 2.33. The van der Waals surface area contributed by atoms with Crippen molar-refractivity contribution in [3.05, 3.63) is 41.7 Å². The first-order chi connectivity index (χ1) is 23.4. The molecule has 9 nitrogen and oxygen atoms in total. The second-order valence-electron chi connectivity index (χ2n) is 13.9. The van der Waals surface area contributed by atoms with Crippen LogP contribution in [0.2, 0.25) is 0 Å². The van der Waals surface area contributed by atoms with Crippen molar-refractivity contribution in [2.24, 2.45) is 11.7 Å². The summed E-state index contributed by atoms with van der Waals surface area (Å²) in [5.41, 5.74) is 8.05. The van der Waals surface area contributed by atoms with Crippen molar-refractivity contribution in [1.29, 1.82) is 0 Å². The number of anilines is 3. The molecule has 2 aromatic rings. The number of carbonyl (C=O) groups excluding carboxylic acids is 2. The van der Waals surface area contributed by atoms with Gasteiger partial charge in [-0.2, -0.15) is 0 Å². The number of rotatable bonds is 8. The van der Waals surface area contributed by atoms with Gasteiger partial charge in [-0.3, -0.25) is 9.59 Å². The molecule has 2 saturated heterocycles.